The number of benzene rings is 1. The van der Waals surface area contributed by atoms with E-state index < -0.39 is 0 Å². The normalized spacial score (nSPS) is 15.3. The minimum atomic E-state index is 0.336. The molecule has 3 heteroatoms. The lowest BCUT2D eigenvalue weighted by molar-refractivity contribution is 0.353. The van der Waals surface area contributed by atoms with Crippen LogP contribution in [0.15, 0.2) is 12.1 Å². The molecule has 1 aromatic carbocycles. The molecule has 0 spiro atoms. The van der Waals surface area contributed by atoms with Gasteiger partial charge in [-0.05, 0) is 48.9 Å². The third-order valence-corrected chi connectivity index (χ3v) is 3.72. The molecule has 1 heterocycles. The van der Waals surface area contributed by atoms with Crippen LogP contribution >= 0.6 is 11.6 Å². The van der Waals surface area contributed by atoms with Gasteiger partial charge in [0.25, 0.3) is 0 Å². The van der Waals surface area contributed by atoms with E-state index in [0.717, 1.165) is 55.9 Å². The Kier molecular flexibility index (Phi) is 4.90. The van der Waals surface area contributed by atoms with E-state index in [-0.39, 0.29) is 0 Å². The fourth-order valence-corrected chi connectivity index (χ4v) is 2.86. The van der Waals surface area contributed by atoms with Crippen LogP contribution in [0.5, 0.6) is 5.75 Å². The van der Waals surface area contributed by atoms with E-state index in [1.54, 1.807) is 0 Å². The highest BCUT2D eigenvalue weighted by molar-refractivity contribution is 6.30. The molecule has 1 unspecified atom stereocenters. The highest BCUT2D eigenvalue weighted by Gasteiger charge is 2.17. The monoisotopic (exact) mass is 267 g/mol. The van der Waals surface area contributed by atoms with Crippen molar-refractivity contribution in [1.29, 1.82) is 0 Å². The van der Waals surface area contributed by atoms with Crippen molar-refractivity contribution in [3.05, 3.63) is 28.3 Å². The molecule has 0 aliphatic carbocycles. The molecule has 1 atom stereocenters. The van der Waals surface area contributed by atoms with Gasteiger partial charge in [0.05, 0.1) is 6.61 Å². The molecule has 0 bridgehead atoms. The van der Waals surface area contributed by atoms with E-state index in [4.69, 9.17) is 22.1 Å². The zero-order chi connectivity index (χ0) is 13.0. The minimum absolute atomic E-state index is 0.336. The van der Waals surface area contributed by atoms with Crippen molar-refractivity contribution in [2.45, 2.75) is 51.5 Å². The molecule has 0 fully saturated rings. The number of ether oxygens (including phenoxy) is 1. The molecule has 2 N–H and O–H groups in total. The number of halogens is 1. The highest BCUT2D eigenvalue weighted by atomic mass is 35.5. The third kappa shape index (κ3) is 3.39. The first-order valence-electron chi connectivity index (χ1n) is 6.90. The summed E-state index contributed by atoms with van der Waals surface area (Å²) in [5, 5.41) is 0.826. The van der Waals surface area contributed by atoms with E-state index in [9.17, 15) is 0 Å². The van der Waals surface area contributed by atoms with Gasteiger partial charge in [-0.1, -0.05) is 24.9 Å². The Labute approximate surface area is 114 Å². The summed E-state index contributed by atoms with van der Waals surface area (Å²) in [5.41, 5.74) is 8.54. The van der Waals surface area contributed by atoms with Gasteiger partial charge in [-0.3, -0.25) is 0 Å². The van der Waals surface area contributed by atoms with Crippen LogP contribution < -0.4 is 10.5 Å². The predicted molar refractivity (Wildman–Crippen MR) is 76.5 cm³/mol. The van der Waals surface area contributed by atoms with E-state index in [1.165, 1.54) is 11.1 Å². The lowest BCUT2D eigenvalue weighted by Crippen LogP contribution is -2.19. The number of fused-ring (bicyclic) bond motifs is 1. The molecule has 1 aliphatic heterocycles. The van der Waals surface area contributed by atoms with Gasteiger partial charge in [-0.25, -0.2) is 0 Å². The summed E-state index contributed by atoms with van der Waals surface area (Å²) >= 11 is 6.14. The van der Waals surface area contributed by atoms with Crippen LogP contribution in [0.3, 0.4) is 0 Å². The Morgan fingerprint density at radius 3 is 3.00 bits per heavy atom. The maximum Gasteiger partial charge on any atom is 0.125 e. The lowest BCUT2D eigenvalue weighted by atomic mass is 10.00. The summed E-state index contributed by atoms with van der Waals surface area (Å²) in [6, 6.07) is 4.40. The maximum atomic E-state index is 6.14. The van der Waals surface area contributed by atoms with E-state index in [1.807, 2.05) is 12.1 Å². The van der Waals surface area contributed by atoms with Gasteiger partial charge in [0.2, 0.25) is 0 Å². The van der Waals surface area contributed by atoms with Crippen molar-refractivity contribution in [2.75, 3.05) is 6.61 Å². The smallest absolute Gasteiger partial charge is 0.125 e. The fraction of sp³-hybridized carbons (Fsp3) is 0.600. The van der Waals surface area contributed by atoms with Gasteiger partial charge in [0.1, 0.15) is 5.75 Å². The summed E-state index contributed by atoms with van der Waals surface area (Å²) in [6.07, 6.45) is 6.46. The van der Waals surface area contributed by atoms with Gasteiger partial charge < -0.3 is 10.5 Å². The Bertz CT molecular complexity index is 406. The first-order valence-corrected chi connectivity index (χ1v) is 7.28. The second-order valence-electron chi connectivity index (χ2n) is 5.09. The second kappa shape index (κ2) is 6.44. The molecule has 0 saturated heterocycles. The molecule has 0 radical (unpaired) electrons. The molecule has 1 aromatic rings. The summed E-state index contributed by atoms with van der Waals surface area (Å²) in [6.45, 7) is 2.97. The van der Waals surface area contributed by atoms with Crippen molar-refractivity contribution >= 4 is 11.6 Å². The summed E-state index contributed by atoms with van der Waals surface area (Å²) in [5.74, 6) is 1.07. The fourth-order valence-electron chi connectivity index (χ4n) is 2.60. The second-order valence-corrected chi connectivity index (χ2v) is 5.53. The summed E-state index contributed by atoms with van der Waals surface area (Å²) in [4.78, 5) is 0. The Morgan fingerprint density at radius 1 is 1.39 bits per heavy atom. The first-order chi connectivity index (χ1) is 8.70. The molecule has 0 amide bonds. The van der Waals surface area contributed by atoms with Crippen molar-refractivity contribution in [3.63, 3.8) is 0 Å². The van der Waals surface area contributed by atoms with E-state index >= 15 is 0 Å². The molecular weight excluding hydrogens is 246 g/mol. The van der Waals surface area contributed by atoms with Crippen LogP contribution in [0, 0.1) is 0 Å². The number of rotatable bonds is 6. The highest BCUT2D eigenvalue weighted by Crippen LogP contribution is 2.33. The largest absolute Gasteiger partial charge is 0.493 e. The number of hydrogen-bond acceptors (Lipinski definition) is 2. The Morgan fingerprint density at radius 2 is 2.22 bits per heavy atom. The van der Waals surface area contributed by atoms with E-state index in [0.29, 0.717) is 6.04 Å². The molecule has 2 rings (SSSR count). The van der Waals surface area contributed by atoms with Crippen molar-refractivity contribution in [3.8, 4) is 5.75 Å². The third-order valence-electron chi connectivity index (χ3n) is 3.51. The standard InChI is InChI=1S/C15H22ClNO/c1-2-4-14(17)6-3-5-11-9-13(16)10-12-7-8-18-15(11)12/h9-10,14H,2-8,17H2,1H3. The zero-order valence-electron chi connectivity index (χ0n) is 11.0. The first kappa shape index (κ1) is 13.7. The van der Waals surface area contributed by atoms with Gasteiger partial charge in [-0.15, -0.1) is 0 Å². The molecule has 0 saturated carbocycles. The predicted octanol–water partition coefficient (Wildman–Crippen LogP) is 3.73. The maximum absolute atomic E-state index is 6.14. The zero-order valence-corrected chi connectivity index (χ0v) is 11.8. The average Bonchev–Trinajstić information content (AvgIpc) is 2.77. The Balaban J connectivity index is 1.93. The van der Waals surface area contributed by atoms with Gasteiger partial charge in [0.15, 0.2) is 0 Å². The van der Waals surface area contributed by atoms with Crippen molar-refractivity contribution in [2.24, 2.45) is 5.73 Å². The van der Waals surface area contributed by atoms with Crippen LogP contribution in [-0.4, -0.2) is 12.6 Å². The number of aryl methyl sites for hydroxylation is 1. The van der Waals surface area contributed by atoms with Crippen molar-refractivity contribution < 1.29 is 4.74 Å². The molecule has 1 aliphatic rings. The minimum Gasteiger partial charge on any atom is -0.493 e. The quantitative estimate of drug-likeness (QED) is 0.852. The number of nitrogens with two attached hydrogens (primary N) is 1. The summed E-state index contributed by atoms with van der Waals surface area (Å²) < 4.78 is 5.70. The molecule has 18 heavy (non-hydrogen) atoms. The van der Waals surface area contributed by atoms with E-state index in [2.05, 4.69) is 6.92 Å². The Hall–Kier alpha value is -0.730. The van der Waals surface area contributed by atoms with Crippen LogP contribution in [0.25, 0.3) is 0 Å². The van der Waals surface area contributed by atoms with Crippen LogP contribution in [-0.2, 0) is 12.8 Å². The lowest BCUT2D eigenvalue weighted by Gasteiger charge is -2.12. The molecule has 2 nitrogen and oxygen atoms in total. The molecule has 100 valence electrons. The topological polar surface area (TPSA) is 35.2 Å². The van der Waals surface area contributed by atoms with Crippen molar-refractivity contribution in [1.82, 2.24) is 0 Å². The van der Waals surface area contributed by atoms with Crippen LogP contribution in [0.1, 0.15) is 43.7 Å². The van der Waals surface area contributed by atoms with Crippen LogP contribution in [0.2, 0.25) is 5.02 Å². The average molecular weight is 268 g/mol. The molecular formula is C15H22ClNO. The SMILES string of the molecule is CCCC(N)CCCc1cc(Cl)cc2c1OCC2. The van der Waals surface area contributed by atoms with Gasteiger partial charge in [0, 0.05) is 17.5 Å². The van der Waals surface area contributed by atoms with Gasteiger partial charge in [-0.2, -0.15) is 0 Å². The molecule has 0 aromatic heterocycles. The summed E-state index contributed by atoms with van der Waals surface area (Å²) in [7, 11) is 0. The van der Waals surface area contributed by atoms with Gasteiger partial charge >= 0.3 is 0 Å². The van der Waals surface area contributed by atoms with Crippen LogP contribution in [0.4, 0.5) is 0 Å². The number of hydrogen-bond donors (Lipinski definition) is 1.